The summed E-state index contributed by atoms with van der Waals surface area (Å²) in [5, 5.41) is 2.71. The van der Waals surface area contributed by atoms with Gasteiger partial charge >= 0.3 is 0 Å². The summed E-state index contributed by atoms with van der Waals surface area (Å²) in [6, 6.07) is 13.8. The fourth-order valence-corrected chi connectivity index (χ4v) is 3.30. The van der Waals surface area contributed by atoms with Crippen LogP contribution in [-0.2, 0) is 21.2 Å². The number of hydrogen-bond donors (Lipinski definition) is 2. The molecule has 0 heterocycles. The van der Waals surface area contributed by atoms with Crippen LogP contribution in [0.1, 0.15) is 11.1 Å². The second kappa shape index (κ2) is 8.64. The highest BCUT2D eigenvalue weighted by Gasteiger charge is 2.13. The molecule has 0 aromatic heterocycles. The van der Waals surface area contributed by atoms with Gasteiger partial charge < -0.3 is 10.1 Å². The third-order valence-electron chi connectivity index (χ3n) is 3.72. The zero-order valence-electron chi connectivity index (χ0n) is 14.3. The third kappa shape index (κ3) is 5.58. The lowest BCUT2D eigenvalue weighted by Gasteiger charge is -2.09. The molecule has 25 heavy (non-hydrogen) atoms. The Morgan fingerprint density at radius 3 is 2.36 bits per heavy atom. The zero-order chi connectivity index (χ0) is 18.3. The Bertz CT molecular complexity index is 817. The summed E-state index contributed by atoms with van der Waals surface area (Å²) in [5.74, 6) is 0.445. The molecule has 0 unspecified atom stereocenters. The van der Waals surface area contributed by atoms with Gasteiger partial charge in [-0.2, -0.15) is 0 Å². The van der Waals surface area contributed by atoms with Crippen LogP contribution in [-0.4, -0.2) is 34.5 Å². The second-order valence-corrected chi connectivity index (χ2v) is 7.29. The topological polar surface area (TPSA) is 84.5 Å². The SMILES string of the molecule is COc1ccc(S(=O)(=O)NCCNC(=O)Cc2ccccc2C)cc1. The molecule has 0 atom stereocenters. The van der Waals surface area contributed by atoms with Gasteiger partial charge in [0.05, 0.1) is 18.4 Å². The van der Waals surface area contributed by atoms with Crippen LogP contribution in [0.2, 0.25) is 0 Å². The number of methoxy groups -OCH3 is 1. The first kappa shape index (κ1) is 19.0. The van der Waals surface area contributed by atoms with Gasteiger partial charge in [0.2, 0.25) is 15.9 Å². The summed E-state index contributed by atoms with van der Waals surface area (Å²) in [4.78, 5) is 12.1. The highest BCUT2D eigenvalue weighted by Crippen LogP contribution is 2.15. The zero-order valence-corrected chi connectivity index (χ0v) is 15.1. The van der Waals surface area contributed by atoms with E-state index in [-0.39, 0.29) is 30.3 Å². The lowest BCUT2D eigenvalue weighted by Crippen LogP contribution is -2.35. The van der Waals surface area contributed by atoms with Crippen LogP contribution in [0.3, 0.4) is 0 Å². The molecule has 2 N–H and O–H groups in total. The third-order valence-corrected chi connectivity index (χ3v) is 5.20. The lowest BCUT2D eigenvalue weighted by atomic mass is 10.1. The van der Waals surface area contributed by atoms with E-state index in [4.69, 9.17) is 4.74 Å². The number of ether oxygens (including phenoxy) is 1. The van der Waals surface area contributed by atoms with Crippen molar-refractivity contribution in [2.75, 3.05) is 20.2 Å². The molecule has 2 aromatic rings. The van der Waals surface area contributed by atoms with E-state index in [0.717, 1.165) is 11.1 Å². The summed E-state index contributed by atoms with van der Waals surface area (Å²) in [5.41, 5.74) is 2.01. The monoisotopic (exact) mass is 362 g/mol. The van der Waals surface area contributed by atoms with E-state index in [1.807, 2.05) is 31.2 Å². The predicted octanol–water partition coefficient (Wildman–Crippen LogP) is 1.64. The molecule has 0 radical (unpaired) electrons. The van der Waals surface area contributed by atoms with Crippen LogP contribution in [0.25, 0.3) is 0 Å². The molecule has 7 heteroatoms. The molecule has 134 valence electrons. The van der Waals surface area contributed by atoms with Crippen molar-refractivity contribution in [1.82, 2.24) is 10.0 Å². The largest absolute Gasteiger partial charge is 0.497 e. The van der Waals surface area contributed by atoms with Crippen molar-refractivity contribution >= 4 is 15.9 Å². The Labute approximate surface area is 148 Å². The average molecular weight is 362 g/mol. The van der Waals surface area contributed by atoms with Crippen molar-refractivity contribution in [3.8, 4) is 5.75 Å². The van der Waals surface area contributed by atoms with Crippen LogP contribution in [0.4, 0.5) is 0 Å². The fraction of sp³-hybridized carbons (Fsp3) is 0.278. The Morgan fingerprint density at radius 2 is 1.72 bits per heavy atom. The minimum atomic E-state index is -3.61. The smallest absolute Gasteiger partial charge is 0.240 e. The molecule has 0 bridgehead atoms. The van der Waals surface area contributed by atoms with E-state index < -0.39 is 10.0 Å². The van der Waals surface area contributed by atoms with Gasteiger partial charge in [-0.05, 0) is 42.3 Å². The van der Waals surface area contributed by atoms with E-state index in [0.29, 0.717) is 5.75 Å². The van der Waals surface area contributed by atoms with Crippen molar-refractivity contribution in [2.45, 2.75) is 18.2 Å². The van der Waals surface area contributed by atoms with E-state index >= 15 is 0 Å². The number of sulfonamides is 1. The van der Waals surface area contributed by atoms with Crippen molar-refractivity contribution in [1.29, 1.82) is 0 Å². The maximum absolute atomic E-state index is 12.1. The van der Waals surface area contributed by atoms with Gasteiger partial charge in [-0.15, -0.1) is 0 Å². The van der Waals surface area contributed by atoms with Crippen molar-refractivity contribution in [3.05, 3.63) is 59.7 Å². The highest BCUT2D eigenvalue weighted by atomic mass is 32.2. The molecule has 6 nitrogen and oxygen atoms in total. The number of hydrogen-bond acceptors (Lipinski definition) is 4. The molecular formula is C18H22N2O4S. The standard InChI is InChI=1S/C18H22N2O4S/c1-14-5-3-4-6-15(14)13-18(21)19-11-12-20-25(22,23)17-9-7-16(24-2)8-10-17/h3-10,20H,11-13H2,1-2H3,(H,19,21). The Balaban J connectivity index is 1.79. The molecule has 2 rings (SSSR count). The molecule has 1 amide bonds. The molecule has 0 spiro atoms. The first-order valence-electron chi connectivity index (χ1n) is 7.87. The average Bonchev–Trinajstić information content (AvgIpc) is 2.61. The second-order valence-electron chi connectivity index (χ2n) is 5.53. The first-order chi connectivity index (χ1) is 11.9. The quantitative estimate of drug-likeness (QED) is 0.699. The lowest BCUT2D eigenvalue weighted by molar-refractivity contribution is -0.120. The Kier molecular flexibility index (Phi) is 6.55. The Morgan fingerprint density at radius 1 is 1.04 bits per heavy atom. The maximum Gasteiger partial charge on any atom is 0.240 e. The summed E-state index contributed by atoms with van der Waals surface area (Å²) in [6.07, 6.45) is 0.276. The van der Waals surface area contributed by atoms with Gasteiger partial charge in [0.15, 0.2) is 0 Å². The number of rotatable bonds is 8. The fourth-order valence-electron chi connectivity index (χ4n) is 2.27. The minimum absolute atomic E-state index is 0.119. The number of amides is 1. The number of nitrogens with one attached hydrogen (secondary N) is 2. The van der Waals surface area contributed by atoms with E-state index in [1.54, 1.807) is 12.1 Å². The Hall–Kier alpha value is -2.38. The molecule has 0 aliphatic heterocycles. The molecular weight excluding hydrogens is 340 g/mol. The van der Waals surface area contributed by atoms with Crippen LogP contribution in [0.5, 0.6) is 5.75 Å². The number of carbonyl (C=O) groups is 1. The molecule has 0 fully saturated rings. The van der Waals surface area contributed by atoms with E-state index in [9.17, 15) is 13.2 Å². The normalized spacial score (nSPS) is 11.1. The van der Waals surface area contributed by atoms with Gasteiger partial charge in [0.25, 0.3) is 0 Å². The molecule has 0 saturated heterocycles. The van der Waals surface area contributed by atoms with E-state index in [2.05, 4.69) is 10.0 Å². The highest BCUT2D eigenvalue weighted by molar-refractivity contribution is 7.89. The van der Waals surface area contributed by atoms with Gasteiger partial charge in [-0.25, -0.2) is 13.1 Å². The summed E-state index contributed by atoms with van der Waals surface area (Å²) >= 11 is 0. The van der Waals surface area contributed by atoms with Crippen molar-refractivity contribution in [3.63, 3.8) is 0 Å². The van der Waals surface area contributed by atoms with Crippen molar-refractivity contribution < 1.29 is 17.9 Å². The van der Waals surface area contributed by atoms with Crippen molar-refractivity contribution in [2.24, 2.45) is 0 Å². The van der Waals surface area contributed by atoms with Gasteiger partial charge in [-0.1, -0.05) is 24.3 Å². The van der Waals surface area contributed by atoms with Crippen LogP contribution in [0, 0.1) is 6.92 Å². The van der Waals surface area contributed by atoms with E-state index in [1.165, 1.54) is 19.2 Å². The number of benzene rings is 2. The molecule has 0 aliphatic rings. The molecule has 0 saturated carbocycles. The van der Waals surface area contributed by atoms with Gasteiger partial charge in [-0.3, -0.25) is 4.79 Å². The predicted molar refractivity (Wildman–Crippen MR) is 96.1 cm³/mol. The maximum atomic E-state index is 12.1. The first-order valence-corrected chi connectivity index (χ1v) is 9.35. The number of aryl methyl sites for hydroxylation is 1. The summed E-state index contributed by atoms with van der Waals surface area (Å²) in [7, 11) is -2.09. The van der Waals surface area contributed by atoms with Gasteiger partial charge in [0, 0.05) is 13.1 Å². The van der Waals surface area contributed by atoms with Crippen LogP contribution < -0.4 is 14.8 Å². The van der Waals surface area contributed by atoms with Crippen LogP contribution in [0.15, 0.2) is 53.4 Å². The minimum Gasteiger partial charge on any atom is -0.497 e. The van der Waals surface area contributed by atoms with Gasteiger partial charge in [0.1, 0.15) is 5.75 Å². The number of carbonyl (C=O) groups excluding carboxylic acids is 1. The summed E-state index contributed by atoms with van der Waals surface area (Å²) < 4.78 is 31.8. The van der Waals surface area contributed by atoms with Crippen LogP contribution >= 0.6 is 0 Å². The molecule has 0 aliphatic carbocycles. The molecule has 2 aromatic carbocycles. The summed E-state index contributed by atoms with van der Waals surface area (Å²) in [6.45, 7) is 2.29.